The fourth-order valence-electron chi connectivity index (χ4n) is 2.30. The van der Waals surface area contributed by atoms with Gasteiger partial charge in [0.1, 0.15) is 5.72 Å². The van der Waals surface area contributed by atoms with Crippen LogP contribution in [0.2, 0.25) is 0 Å². The van der Waals surface area contributed by atoms with E-state index in [0.29, 0.717) is 0 Å². The largest absolute Gasteiger partial charge is 0.465 e. The van der Waals surface area contributed by atoms with Gasteiger partial charge in [0, 0.05) is 6.42 Å². The van der Waals surface area contributed by atoms with E-state index in [1.54, 1.807) is 13.8 Å². The van der Waals surface area contributed by atoms with Crippen molar-refractivity contribution in [3.8, 4) is 0 Å². The third-order valence-corrected chi connectivity index (χ3v) is 2.96. The highest BCUT2D eigenvalue weighted by molar-refractivity contribution is 5.88. The lowest BCUT2D eigenvalue weighted by Gasteiger charge is -2.34. The molecule has 0 aromatic rings. The minimum atomic E-state index is -1.41. The zero-order valence-corrected chi connectivity index (χ0v) is 8.97. The molecular weight excluding hydrogens is 218 g/mol. The lowest BCUT2D eigenvalue weighted by molar-refractivity contribution is -0.158. The highest BCUT2D eigenvalue weighted by Crippen LogP contribution is 2.42. The molecule has 0 aromatic heterocycles. The molecule has 0 aliphatic carbocycles. The molecule has 0 aromatic carbocycles. The SMILES string of the molecule is CC1(C)OCC2(CC(O)OC2=O)N1C(=O)O. The molecule has 2 aliphatic rings. The third-order valence-electron chi connectivity index (χ3n) is 2.96. The van der Waals surface area contributed by atoms with Gasteiger partial charge in [0.15, 0.2) is 5.54 Å². The van der Waals surface area contributed by atoms with Crippen LogP contribution in [0.25, 0.3) is 0 Å². The van der Waals surface area contributed by atoms with Crippen molar-refractivity contribution in [3.05, 3.63) is 0 Å². The van der Waals surface area contributed by atoms with Crippen LogP contribution in [0.4, 0.5) is 4.79 Å². The summed E-state index contributed by atoms with van der Waals surface area (Å²) < 4.78 is 9.91. The first-order valence-corrected chi connectivity index (χ1v) is 4.86. The number of aliphatic hydroxyl groups excluding tert-OH is 1. The molecule has 0 saturated carbocycles. The zero-order valence-electron chi connectivity index (χ0n) is 8.97. The van der Waals surface area contributed by atoms with Gasteiger partial charge >= 0.3 is 12.1 Å². The van der Waals surface area contributed by atoms with Crippen molar-refractivity contribution >= 4 is 12.1 Å². The average molecular weight is 231 g/mol. The van der Waals surface area contributed by atoms with E-state index >= 15 is 0 Å². The number of hydrogen-bond acceptors (Lipinski definition) is 5. The quantitative estimate of drug-likeness (QED) is 0.557. The van der Waals surface area contributed by atoms with E-state index in [1.165, 1.54) is 0 Å². The summed E-state index contributed by atoms with van der Waals surface area (Å²) in [5.41, 5.74) is -2.51. The predicted octanol–water partition coefficient (Wildman–Crippen LogP) is -0.263. The van der Waals surface area contributed by atoms with Crippen molar-refractivity contribution in [1.82, 2.24) is 4.90 Å². The Labute approximate surface area is 91.5 Å². The fraction of sp³-hybridized carbons (Fsp3) is 0.778. The Morgan fingerprint density at radius 1 is 1.56 bits per heavy atom. The van der Waals surface area contributed by atoms with Gasteiger partial charge in [-0.2, -0.15) is 0 Å². The number of cyclic esters (lactones) is 1. The van der Waals surface area contributed by atoms with Gasteiger partial charge in [-0.15, -0.1) is 0 Å². The molecule has 2 saturated heterocycles. The van der Waals surface area contributed by atoms with Crippen LogP contribution in [-0.4, -0.2) is 51.3 Å². The van der Waals surface area contributed by atoms with Crippen LogP contribution in [-0.2, 0) is 14.3 Å². The second-order valence-electron chi connectivity index (χ2n) is 4.45. The van der Waals surface area contributed by atoms with E-state index < -0.39 is 29.6 Å². The highest BCUT2D eigenvalue weighted by atomic mass is 16.7. The number of rotatable bonds is 0. The number of aliphatic hydroxyl groups is 1. The Bertz CT molecular complexity index is 354. The molecule has 0 radical (unpaired) electrons. The van der Waals surface area contributed by atoms with Crippen LogP contribution in [0.1, 0.15) is 20.3 Å². The summed E-state index contributed by atoms with van der Waals surface area (Å²) in [5.74, 6) is -0.757. The number of hydrogen-bond donors (Lipinski definition) is 2. The number of carbonyl (C=O) groups is 2. The summed E-state index contributed by atoms with van der Waals surface area (Å²) in [6.45, 7) is 3.00. The van der Waals surface area contributed by atoms with Gasteiger partial charge in [0.25, 0.3) is 0 Å². The van der Waals surface area contributed by atoms with Crippen molar-refractivity contribution in [2.75, 3.05) is 6.61 Å². The number of amides is 1. The average Bonchev–Trinajstić information content (AvgIpc) is 2.52. The van der Waals surface area contributed by atoms with Crippen molar-refractivity contribution < 1.29 is 29.3 Å². The Kier molecular flexibility index (Phi) is 2.15. The van der Waals surface area contributed by atoms with E-state index in [1.807, 2.05) is 0 Å². The summed E-state index contributed by atoms with van der Waals surface area (Å²) in [5, 5.41) is 18.4. The first kappa shape index (κ1) is 11.2. The zero-order chi connectivity index (χ0) is 12.1. The number of nitrogens with zero attached hydrogens (tertiary/aromatic N) is 1. The molecule has 2 unspecified atom stereocenters. The smallest absolute Gasteiger partial charge is 0.410 e. The summed E-state index contributed by atoms with van der Waals surface area (Å²) in [6.07, 6.45) is -2.64. The third kappa shape index (κ3) is 1.28. The molecule has 2 rings (SSSR count). The monoisotopic (exact) mass is 231 g/mol. The molecule has 2 heterocycles. The molecule has 2 atom stereocenters. The van der Waals surface area contributed by atoms with Crippen LogP contribution in [0.15, 0.2) is 0 Å². The molecule has 1 spiro atoms. The van der Waals surface area contributed by atoms with Gasteiger partial charge in [-0.3, -0.25) is 4.90 Å². The molecule has 2 N–H and O–H groups in total. The minimum Gasteiger partial charge on any atom is -0.465 e. The van der Waals surface area contributed by atoms with Crippen molar-refractivity contribution in [1.29, 1.82) is 0 Å². The summed E-state index contributed by atoms with van der Waals surface area (Å²) >= 11 is 0. The first-order chi connectivity index (χ1) is 7.29. The van der Waals surface area contributed by atoms with Crippen LogP contribution in [0.5, 0.6) is 0 Å². The van der Waals surface area contributed by atoms with Gasteiger partial charge in [-0.25, -0.2) is 9.59 Å². The first-order valence-electron chi connectivity index (χ1n) is 4.86. The number of carbonyl (C=O) groups excluding carboxylic acids is 1. The number of carboxylic acid groups (broad SMARTS) is 1. The topological polar surface area (TPSA) is 96.3 Å². The lowest BCUT2D eigenvalue weighted by atomic mass is 9.96. The van der Waals surface area contributed by atoms with Gasteiger partial charge in [0.2, 0.25) is 6.29 Å². The van der Waals surface area contributed by atoms with E-state index in [-0.39, 0.29) is 13.0 Å². The molecule has 0 bridgehead atoms. The van der Waals surface area contributed by atoms with Gasteiger partial charge < -0.3 is 19.7 Å². The van der Waals surface area contributed by atoms with E-state index in [4.69, 9.17) is 9.84 Å². The van der Waals surface area contributed by atoms with E-state index in [9.17, 15) is 14.7 Å². The van der Waals surface area contributed by atoms with Crippen molar-refractivity contribution in [3.63, 3.8) is 0 Å². The number of ether oxygens (including phenoxy) is 2. The van der Waals surface area contributed by atoms with E-state index in [2.05, 4.69) is 4.74 Å². The van der Waals surface area contributed by atoms with Gasteiger partial charge in [-0.05, 0) is 13.8 Å². The Hall–Kier alpha value is -1.34. The molecule has 2 aliphatic heterocycles. The lowest BCUT2D eigenvalue weighted by Crippen LogP contribution is -2.57. The maximum absolute atomic E-state index is 11.6. The van der Waals surface area contributed by atoms with Crippen LogP contribution in [0.3, 0.4) is 0 Å². The Balaban J connectivity index is 2.42. The molecule has 2 fully saturated rings. The molecule has 1 amide bonds. The van der Waals surface area contributed by atoms with Crippen molar-refractivity contribution in [2.24, 2.45) is 0 Å². The van der Waals surface area contributed by atoms with Crippen LogP contribution >= 0.6 is 0 Å². The van der Waals surface area contributed by atoms with Crippen LogP contribution < -0.4 is 0 Å². The number of esters is 1. The highest BCUT2D eigenvalue weighted by Gasteiger charge is 2.64. The van der Waals surface area contributed by atoms with Gasteiger partial charge in [-0.1, -0.05) is 0 Å². The molecule has 16 heavy (non-hydrogen) atoms. The second-order valence-corrected chi connectivity index (χ2v) is 4.45. The minimum absolute atomic E-state index is 0.0950. The predicted molar refractivity (Wildman–Crippen MR) is 49.3 cm³/mol. The Morgan fingerprint density at radius 2 is 2.19 bits per heavy atom. The van der Waals surface area contributed by atoms with E-state index in [0.717, 1.165) is 4.90 Å². The summed E-state index contributed by atoms with van der Waals surface area (Å²) in [6, 6.07) is 0. The molecule has 7 heteroatoms. The fourth-order valence-corrected chi connectivity index (χ4v) is 2.30. The molecule has 7 nitrogen and oxygen atoms in total. The van der Waals surface area contributed by atoms with Crippen molar-refractivity contribution in [2.45, 2.75) is 37.8 Å². The standard InChI is InChI=1S/C9H13NO6/c1-8(2)10(7(13)14)9(4-15-8)3-5(11)16-6(9)12/h5,11H,3-4H2,1-2H3,(H,13,14). The maximum Gasteiger partial charge on any atom is 0.410 e. The van der Waals surface area contributed by atoms with Crippen LogP contribution in [0, 0.1) is 0 Å². The Morgan fingerprint density at radius 3 is 2.62 bits per heavy atom. The normalized spacial score (nSPS) is 36.8. The molecule has 90 valence electrons. The summed E-state index contributed by atoms with van der Waals surface area (Å²) in [7, 11) is 0. The van der Waals surface area contributed by atoms with Gasteiger partial charge in [0.05, 0.1) is 6.61 Å². The second kappa shape index (κ2) is 3.08. The summed E-state index contributed by atoms with van der Waals surface area (Å²) in [4.78, 5) is 23.7. The maximum atomic E-state index is 11.6. The molecular formula is C9H13NO6.